The number of rotatable bonds is 5. The summed E-state index contributed by atoms with van der Waals surface area (Å²) in [5, 5.41) is 3.60. The van der Waals surface area contributed by atoms with Crippen molar-refractivity contribution in [2.75, 3.05) is 6.54 Å². The first-order valence-electron chi connectivity index (χ1n) is 6.78. The molecule has 0 amide bonds. The standard InChI is InChI=1S/C16H25Br2N/c1-15(2,3)19-11-16(4,5)9-8-12-10-13(17)6-7-14(12)18/h6-7,10,19H,8-9,11H2,1-5H3. The number of benzene rings is 1. The van der Waals surface area contributed by atoms with Gasteiger partial charge in [-0.3, -0.25) is 0 Å². The van der Waals surface area contributed by atoms with Gasteiger partial charge in [0.05, 0.1) is 0 Å². The molecule has 1 N–H and O–H groups in total. The molecule has 1 aromatic carbocycles. The smallest absolute Gasteiger partial charge is 0.0208 e. The van der Waals surface area contributed by atoms with E-state index in [1.807, 2.05) is 0 Å². The number of halogens is 2. The third-order valence-electron chi connectivity index (χ3n) is 3.18. The Kier molecular flexibility index (Phi) is 6.09. The molecule has 0 unspecified atom stereocenters. The summed E-state index contributed by atoms with van der Waals surface area (Å²) >= 11 is 7.17. The maximum absolute atomic E-state index is 3.63. The lowest BCUT2D eigenvalue weighted by atomic mass is 9.85. The van der Waals surface area contributed by atoms with Crippen molar-refractivity contribution in [2.45, 2.75) is 53.0 Å². The van der Waals surface area contributed by atoms with Gasteiger partial charge in [0.1, 0.15) is 0 Å². The van der Waals surface area contributed by atoms with Gasteiger partial charge in [0, 0.05) is 21.0 Å². The molecule has 108 valence electrons. The van der Waals surface area contributed by atoms with E-state index in [2.05, 4.69) is 90.0 Å². The summed E-state index contributed by atoms with van der Waals surface area (Å²) < 4.78 is 2.35. The van der Waals surface area contributed by atoms with E-state index in [-0.39, 0.29) is 5.54 Å². The number of hydrogen-bond acceptors (Lipinski definition) is 1. The second kappa shape index (κ2) is 6.73. The number of hydrogen-bond donors (Lipinski definition) is 1. The Hall–Kier alpha value is 0.140. The summed E-state index contributed by atoms with van der Waals surface area (Å²) in [6, 6.07) is 6.39. The maximum atomic E-state index is 3.63. The molecule has 0 aliphatic rings. The summed E-state index contributed by atoms with van der Waals surface area (Å²) in [6.07, 6.45) is 2.27. The van der Waals surface area contributed by atoms with Gasteiger partial charge in [-0.2, -0.15) is 0 Å². The SMILES string of the molecule is CC(C)(CCc1cc(Br)ccc1Br)CNC(C)(C)C. The van der Waals surface area contributed by atoms with Gasteiger partial charge in [-0.15, -0.1) is 0 Å². The number of aryl methyl sites for hydroxylation is 1. The van der Waals surface area contributed by atoms with Crippen LogP contribution in [0.1, 0.15) is 46.6 Å². The zero-order valence-electron chi connectivity index (χ0n) is 12.6. The van der Waals surface area contributed by atoms with Crippen molar-refractivity contribution in [3.05, 3.63) is 32.7 Å². The molecule has 0 fully saturated rings. The summed E-state index contributed by atoms with van der Waals surface area (Å²) in [7, 11) is 0. The molecule has 1 aromatic rings. The van der Waals surface area contributed by atoms with Crippen LogP contribution < -0.4 is 5.32 Å². The van der Waals surface area contributed by atoms with E-state index in [1.54, 1.807) is 0 Å². The van der Waals surface area contributed by atoms with Gasteiger partial charge in [0.25, 0.3) is 0 Å². The van der Waals surface area contributed by atoms with Crippen molar-refractivity contribution in [3.8, 4) is 0 Å². The largest absolute Gasteiger partial charge is 0.312 e. The van der Waals surface area contributed by atoms with Crippen molar-refractivity contribution in [1.29, 1.82) is 0 Å². The average molecular weight is 391 g/mol. The highest BCUT2D eigenvalue weighted by Crippen LogP contribution is 2.28. The highest BCUT2D eigenvalue weighted by molar-refractivity contribution is 9.11. The van der Waals surface area contributed by atoms with Crippen molar-refractivity contribution >= 4 is 31.9 Å². The van der Waals surface area contributed by atoms with E-state index in [4.69, 9.17) is 0 Å². The van der Waals surface area contributed by atoms with Crippen LogP contribution in [0.15, 0.2) is 27.1 Å². The third kappa shape index (κ3) is 6.92. The van der Waals surface area contributed by atoms with E-state index in [0.29, 0.717) is 5.41 Å². The predicted octanol–water partition coefficient (Wildman–Crippen LogP) is 5.56. The molecule has 0 atom stereocenters. The van der Waals surface area contributed by atoms with Gasteiger partial charge in [-0.25, -0.2) is 0 Å². The zero-order valence-corrected chi connectivity index (χ0v) is 15.8. The highest BCUT2D eigenvalue weighted by Gasteiger charge is 2.21. The van der Waals surface area contributed by atoms with Crippen LogP contribution in [0.3, 0.4) is 0 Å². The van der Waals surface area contributed by atoms with Crippen molar-refractivity contribution in [1.82, 2.24) is 5.32 Å². The van der Waals surface area contributed by atoms with Gasteiger partial charge >= 0.3 is 0 Å². The van der Waals surface area contributed by atoms with Gasteiger partial charge < -0.3 is 5.32 Å². The van der Waals surface area contributed by atoms with E-state index in [0.717, 1.165) is 17.4 Å². The fourth-order valence-electron chi connectivity index (χ4n) is 1.80. The van der Waals surface area contributed by atoms with Gasteiger partial charge in [0.2, 0.25) is 0 Å². The molecule has 19 heavy (non-hydrogen) atoms. The molecule has 0 aliphatic carbocycles. The Morgan fingerprint density at radius 3 is 2.26 bits per heavy atom. The Bertz CT molecular complexity index is 419. The molecule has 3 heteroatoms. The third-order valence-corrected chi connectivity index (χ3v) is 4.44. The molecule has 0 radical (unpaired) electrons. The van der Waals surface area contributed by atoms with E-state index < -0.39 is 0 Å². The maximum Gasteiger partial charge on any atom is 0.0208 e. The van der Waals surface area contributed by atoms with Crippen LogP contribution in [-0.4, -0.2) is 12.1 Å². The molecule has 1 nitrogen and oxygen atoms in total. The number of nitrogens with one attached hydrogen (secondary N) is 1. The molecule has 0 aromatic heterocycles. The van der Waals surface area contributed by atoms with E-state index in [1.165, 1.54) is 16.5 Å². The lowest BCUT2D eigenvalue weighted by Gasteiger charge is -2.30. The lowest BCUT2D eigenvalue weighted by Crippen LogP contribution is -2.42. The summed E-state index contributed by atoms with van der Waals surface area (Å²) in [4.78, 5) is 0. The second-order valence-corrected chi connectivity index (χ2v) is 8.77. The van der Waals surface area contributed by atoms with Crippen LogP contribution in [0.2, 0.25) is 0 Å². The average Bonchev–Trinajstić information content (AvgIpc) is 2.27. The van der Waals surface area contributed by atoms with Crippen LogP contribution in [0.5, 0.6) is 0 Å². The normalized spacial score (nSPS) is 12.8. The van der Waals surface area contributed by atoms with Crippen molar-refractivity contribution in [2.24, 2.45) is 5.41 Å². The minimum absolute atomic E-state index is 0.188. The van der Waals surface area contributed by atoms with Gasteiger partial charge in [-0.1, -0.05) is 45.7 Å². The van der Waals surface area contributed by atoms with Crippen LogP contribution in [0, 0.1) is 5.41 Å². The first-order chi connectivity index (χ1) is 8.59. The van der Waals surface area contributed by atoms with Gasteiger partial charge in [-0.05, 0) is 62.8 Å². The zero-order chi connectivity index (χ0) is 14.7. The summed E-state index contributed by atoms with van der Waals surface area (Å²) in [5.41, 5.74) is 1.86. The quantitative estimate of drug-likeness (QED) is 0.693. The predicted molar refractivity (Wildman–Crippen MR) is 91.7 cm³/mol. The Balaban J connectivity index is 2.57. The van der Waals surface area contributed by atoms with Crippen LogP contribution >= 0.6 is 31.9 Å². The minimum Gasteiger partial charge on any atom is -0.312 e. The summed E-state index contributed by atoms with van der Waals surface area (Å²) in [5.74, 6) is 0. The Labute approximate surface area is 134 Å². The molecular weight excluding hydrogens is 366 g/mol. The van der Waals surface area contributed by atoms with Gasteiger partial charge in [0.15, 0.2) is 0 Å². The first-order valence-corrected chi connectivity index (χ1v) is 8.37. The molecule has 0 saturated carbocycles. The van der Waals surface area contributed by atoms with Crippen LogP contribution in [0.4, 0.5) is 0 Å². The monoisotopic (exact) mass is 389 g/mol. The first kappa shape index (κ1) is 17.2. The van der Waals surface area contributed by atoms with E-state index >= 15 is 0 Å². The van der Waals surface area contributed by atoms with Crippen LogP contribution in [-0.2, 0) is 6.42 Å². The van der Waals surface area contributed by atoms with Crippen LogP contribution in [0.25, 0.3) is 0 Å². The lowest BCUT2D eigenvalue weighted by molar-refractivity contribution is 0.273. The Morgan fingerprint density at radius 2 is 1.68 bits per heavy atom. The molecule has 0 spiro atoms. The van der Waals surface area contributed by atoms with Crippen molar-refractivity contribution in [3.63, 3.8) is 0 Å². The summed E-state index contributed by atoms with van der Waals surface area (Å²) in [6.45, 7) is 12.4. The fourth-order valence-corrected chi connectivity index (χ4v) is 2.65. The highest BCUT2D eigenvalue weighted by atomic mass is 79.9. The Morgan fingerprint density at radius 1 is 1.05 bits per heavy atom. The minimum atomic E-state index is 0.188. The molecular formula is C16H25Br2N. The second-order valence-electron chi connectivity index (χ2n) is 7.00. The molecule has 1 rings (SSSR count). The van der Waals surface area contributed by atoms with Crippen molar-refractivity contribution < 1.29 is 0 Å². The molecule has 0 aliphatic heterocycles. The molecule has 0 saturated heterocycles. The molecule has 0 heterocycles. The fraction of sp³-hybridized carbons (Fsp3) is 0.625. The molecule has 0 bridgehead atoms. The topological polar surface area (TPSA) is 12.0 Å². The van der Waals surface area contributed by atoms with E-state index in [9.17, 15) is 0 Å².